The van der Waals surface area contributed by atoms with Crippen molar-refractivity contribution in [1.29, 1.82) is 0 Å². The van der Waals surface area contributed by atoms with Gasteiger partial charge in [0.05, 0.1) is 16.9 Å². The lowest BCUT2D eigenvalue weighted by atomic mass is 9.85. The van der Waals surface area contributed by atoms with E-state index in [0.717, 1.165) is 38.8 Å². The van der Waals surface area contributed by atoms with Crippen molar-refractivity contribution in [3.8, 4) is 34.3 Å². The van der Waals surface area contributed by atoms with Gasteiger partial charge in [-0.25, -0.2) is 9.97 Å². The van der Waals surface area contributed by atoms with E-state index in [9.17, 15) is 5.11 Å². The van der Waals surface area contributed by atoms with Gasteiger partial charge in [0, 0.05) is 34.7 Å². The number of aromatic nitrogens is 3. The van der Waals surface area contributed by atoms with Gasteiger partial charge in [0.15, 0.2) is 0 Å². The molecular formula is C36H35N3O2. The Bertz CT molecular complexity index is 1850. The molecule has 6 rings (SSSR count). The summed E-state index contributed by atoms with van der Waals surface area (Å²) >= 11 is 0. The summed E-state index contributed by atoms with van der Waals surface area (Å²) in [5, 5.41) is 13.0. The van der Waals surface area contributed by atoms with Crippen LogP contribution in [0, 0.1) is 0 Å². The first kappa shape index (κ1) is 26.6. The molecule has 41 heavy (non-hydrogen) atoms. The standard InChI is InChI=1S/C36H35N3O2/c1-35(2,3)23-16-17-32(40)29(21-23)30-13-9-15-33(38-30)41-26-20-24(36(4,5)6)19-25(22-26)39-31-14-8-7-11-27(31)28-12-10-18-37-34(28)39/h7-22,40H,1-6H3. The Kier molecular flexibility index (Phi) is 6.33. The summed E-state index contributed by atoms with van der Waals surface area (Å²) < 4.78 is 8.65. The first-order valence-corrected chi connectivity index (χ1v) is 14.0. The highest BCUT2D eigenvalue weighted by molar-refractivity contribution is 6.07. The van der Waals surface area contributed by atoms with Gasteiger partial charge in [-0.1, -0.05) is 71.9 Å². The third-order valence-electron chi connectivity index (χ3n) is 7.53. The number of hydrogen-bond donors (Lipinski definition) is 1. The van der Waals surface area contributed by atoms with Crippen molar-refractivity contribution >= 4 is 21.9 Å². The second-order valence-electron chi connectivity index (χ2n) is 12.6. The van der Waals surface area contributed by atoms with E-state index in [1.807, 2.05) is 48.7 Å². The van der Waals surface area contributed by atoms with Crippen LogP contribution in [-0.4, -0.2) is 19.6 Å². The maximum atomic E-state index is 10.7. The lowest BCUT2D eigenvalue weighted by Crippen LogP contribution is -2.12. The van der Waals surface area contributed by atoms with Gasteiger partial charge in [-0.2, -0.15) is 0 Å². The van der Waals surface area contributed by atoms with Crippen molar-refractivity contribution in [2.24, 2.45) is 0 Å². The number of ether oxygens (including phenoxy) is 1. The Balaban J connectivity index is 1.47. The van der Waals surface area contributed by atoms with Gasteiger partial charge in [-0.3, -0.25) is 4.57 Å². The van der Waals surface area contributed by atoms with Crippen molar-refractivity contribution in [2.75, 3.05) is 0 Å². The molecule has 3 aromatic carbocycles. The molecule has 0 atom stereocenters. The minimum atomic E-state index is -0.116. The molecule has 0 fully saturated rings. The number of phenols is 1. The van der Waals surface area contributed by atoms with Crippen LogP contribution in [0.1, 0.15) is 52.7 Å². The zero-order valence-electron chi connectivity index (χ0n) is 24.4. The molecule has 206 valence electrons. The number of para-hydroxylation sites is 1. The van der Waals surface area contributed by atoms with Crippen LogP contribution in [-0.2, 0) is 10.8 Å². The Hall–Kier alpha value is -4.64. The molecule has 0 bridgehead atoms. The fourth-order valence-electron chi connectivity index (χ4n) is 5.21. The summed E-state index contributed by atoms with van der Waals surface area (Å²) in [6.07, 6.45) is 1.84. The summed E-state index contributed by atoms with van der Waals surface area (Å²) in [5.74, 6) is 1.34. The van der Waals surface area contributed by atoms with E-state index in [1.54, 1.807) is 6.07 Å². The molecule has 0 aliphatic rings. The first-order chi connectivity index (χ1) is 19.5. The highest BCUT2D eigenvalue weighted by Crippen LogP contribution is 2.37. The van der Waals surface area contributed by atoms with Crippen LogP contribution < -0.4 is 4.74 Å². The maximum absolute atomic E-state index is 10.7. The molecule has 1 N–H and O–H groups in total. The Labute approximate surface area is 241 Å². The predicted octanol–water partition coefficient (Wildman–Crippen LogP) is 9.33. The molecular weight excluding hydrogens is 506 g/mol. The number of rotatable bonds is 4. The minimum absolute atomic E-state index is 0.0535. The maximum Gasteiger partial charge on any atom is 0.219 e. The van der Waals surface area contributed by atoms with Gasteiger partial charge in [-0.05, 0) is 70.5 Å². The van der Waals surface area contributed by atoms with E-state index in [2.05, 4.69) is 88.6 Å². The van der Waals surface area contributed by atoms with Crippen LogP contribution >= 0.6 is 0 Å². The number of nitrogens with zero attached hydrogens (tertiary/aromatic N) is 3. The lowest BCUT2D eigenvalue weighted by Gasteiger charge is -2.22. The Morgan fingerprint density at radius 2 is 1.46 bits per heavy atom. The summed E-state index contributed by atoms with van der Waals surface area (Å²) in [6.45, 7) is 13.1. The van der Waals surface area contributed by atoms with Gasteiger partial charge >= 0.3 is 0 Å². The van der Waals surface area contributed by atoms with Gasteiger partial charge in [0.2, 0.25) is 5.88 Å². The van der Waals surface area contributed by atoms with Gasteiger partial charge in [0.1, 0.15) is 17.1 Å². The highest BCUT2D eigenvalue weighted by atomic mass is 16.5. The van der Waals surface area contributed by atoms with Gasteiger partial charge in [-0.15, -0.1) is 0 Å². The van der Waals surface area contributed by atoms with E-state index in [1.165, 1.54) is 0 Å². The minimum Gasteiger partial charge on any atom is -0.507 e. The fourth-order valence-corrected chi connectivity index (χ4v) is 5.21. The molecule has 0 radical (unpaired) electrons. The van der Waals surface area contributed by atoms with Crippen molar-refractivity contribution in [1.82, 2.24) is 14.5 Å². The van der Waals surface area contributed by atoms with E-state index in [0.29, 0.717) is 22.9 Å². The van der Waals surface area contributed by atoms with Gasteiger partial charge < -0.3 is 9.84 Å². The zero-order valence-corrected chi connectivity index (χ0v) is 24.4. The van der Waals surface area contributed by atoms with Crippen molar-refractivity contribution in [2.45, 2.75) is 52.4 Å². The topological polar surface area (TPSA) is 60.2 Å². The number of benzene rings is 3. The first-order valence-electron chi connectivity index (χ1n) is 14.0. The monoisotopic (exact) mass is 541 g/mol. The molecule has 0 spiro atoms. The highest BCUT2D eigenvalue weighted by Gasteiger charge is 2.20. The second kappa shape index (κ2) is 9.77. The Morgan fingerprint density at radius 1 is 0.707 bits per heavy atom. The van der Waals surface area contributed by atoms with E-state index in [4.69, 9.17) is 14.7 Å². The third kappa shape index (κ3) is 5.04. The molecule has 6 aromatic rings. The fraction of sp³-hybridized carbons (Fsp3) is 0.222. The molecule has 3 heterocycles. The van der Waals surface area contributed by atoms with Crippen LogP contribution in [0.15, 0.2) is 97.2 Å². The average Bonchev–Trinajstić information content (AvgIpc) is 3.27. The van der Waals surface area contributed by atoms with Crippen LogP contribution in [0.3, 0.4) is 0 Å². The quantitative estimate of drug-likeness (QED) is 0.242. The van der Waals surface area contributed by atoms with E-state index >= 15 is 0 Å². The molecule has 5 nitrogen and oxygen atoms in total. The largest absolute Gasteiger partial charge is 0.507 e. The third-order valence-corrected chi connectivity index (χ3v) is 7.53. The number of fused-ring (bicyclic) bond motifs is 3. The van der Waals surface area contributed by atoms with E-state index in [-0.39, 0.29) is 16.6 Å². The summed E-state index contributed by atoms with van der Waals surface area (Å²) in [6, 6.07) is 30.2. The SMILES string of the molecule is CC(C)(C)c1cc(Oc2cccc(-c3cc(C(C)(C)C)ccc3O)n2)cc(-n2c3ccccc3c3cccnc32)c1. The van der Waals surface area contributed by atoms with Crippen LogP contribution in [0.25, 0.3) is 38.9 Å². The normalized spacial score (nSPS) is 12.2. The number of aromatic hydroxyl groups is 1. The molecule has 0 aliphatic heterocycles. The summed E-state index contributed by atoms with van der Waals surface area (Å²) in [4.78, 5) is 9.57. The molecule has 5 heteroatoms. The smallest absolute Gasteiger partial charge is 0.219 e. The average molecular weight is 542 g/mol. The second-order valence-corrected chi connectivity index (χ2v) is 12.6. The van der Waals surface area contributed by atoms with Crippen LogP contribution in [0.5, 0.6) is 17.4 Å². The zero-order chi connectivity index (χ0) is 28.9. The number of hydrogen-bond acceptors (Lipinski definition) is 4. The van der Waals surface area contributed by atoms with Crippen LogP contribution in [0.4, 0.5) is 0 Å². The molecule has 0 aliphatic carbocycles. The molecule has 0 unspecified atom stereocenters. The van der Waals surface area contributed by atoms with Crippen molar-refractivity contribution in [3.05, 3.63) is 108 Å². The number of pyridine rings is 2. The number of phenolic OH excluding ortho intramolecular Hbond substituents is 1. The van der Waals surface area contributed by atoms with Crippen LogP contribution in [0.2, 0.25) is 0 Å². The molecule has 0 saturated carbocycles. The summed E-state index contributed by atoms with van der Waals surface area (Å²) in [7, 11) is 0. The molecule has 3 aromatic heterocycles. The summed E-state index contributed by atoms with van der Waals surface area (Å²) in [5.41, 5.74) is 6.40. The van der Waals surface area contributed by atoms with Crippen molar-refractivity contribution in [3.63, 3.8) is 0 Å². The van der Waals surface area contributed by atoms with Gasteiger partial charge in [0.25, 0.3) is 0 Å². The predicted molar refractivity (Wildman–Crippen MR) is 167 cm³/mol. The van der Waals surface area contributed by atoms with E-state index < -0.39 is 0 Å². The lowest BCUT2D eigenvalue weighted by molar-refractivity contribution is 0.459. The molecule has 0 saturated heterocycles. The van der Waals surface area contributed by atoms with Crippen molar-refractivity contribution < 1.29 is 9.84 Å². The molecule has 0 amide bonds. The Morgan fingerprint density at radius 3 is 2.24 bits per heavy atom.